The van der Waals surface area contributed by atoms with E-state index in [-0.39, 0.29) is 5.97 Å². The van der Waals surface area contributed by atoms with Gasteiger partial charge in [-0.25, -0.2) is 9.78 Å². The predicted octanol–water partition coefficient (Wildman–Crippen LogP) is 5.15. The van der Waals surface area contributed by atoms with Gasteiger partial charge in [-0.2, -0.15) is 0 Å². The maximum atomic E-state index is 11.7. The third-order valence-electron chi connectivity index (χ3n) is 4.59. The molecule has 2 heterocycles. The molecule has 0 saturated carbocycles. The van der Waals surface area contributed by atoms with Crippen molar-refractivity contribution < 1.29 is 13.9 Å². The first kappa shape index (κ1) is 19.4. The van der Waals surface area contributed by atoms with Crippen molar-refractivity contribution in [3.05, 3.63) is 83.8 Å². The summed E-state index contributed by atoms with van der Waals surface area (Å²) >= 11 is 0. The predicted molar refractivity (Wildman–Crippen MR) is 110 cm³/mol. The second-order valence-corrected chi connectivity index (χ2v) is 6.51. The van der Waals surface area contributed by atoms with Crippen LogP contribution in [0.2, 0.25) is 0 Å². The summed E-state index contributed by atoms with van der Waals surface area (Å²) in [6.45, 7) is 9.96. The van der Waals surface area contributed by atoms with E-state index in [4.69, 9.17) is 9.15 Å². The van der Waals surface area contributed by atoms with Gasteiger partial charge in [0.15, 0.2) is 11.7 Å². The van der Waals surface area contributed by atoms with Crippen molar-refractivity contribution in [3.8, 4) is 11.3 Å². The topological polar surface area (TPSA) is 55.6 Å². The molecule has 1 aromatic heterocycles. The molecule has 5 heteroatoms. The summed E-state index contributed by atoms with van der Waals surface area (Å²) in [6, 6.07) is 8.13. The van der Waals surface area contributed by atoms with E-state index in [1.807, 2.05) is 49.3 Å². The minimum atomic E-state index is -0.377. The van der Waals surface area contributed by atoms with Crippen molar-refractivity contribution in [2.45, 2.75) is 27.2 Å². The lowest BCUT2D eigenvalue weighted by Gasteiger charge is -2.22. The monoisotopic (exact) mass is 376 g/mol. The molecule has 28 heavy (non-hydrogen) atoms. The van der Waals surface area contributed by atoms with Gasteiger partial charge < -0.3 is 14.1 Å². The number of allylic oxidation sites excluding steroid dienone is 2. The van der Waals surface area contributed by atoms with Crippen LogP contribution >= 0.6 is 0 Å². The van der Waals surface area contributed by atoms with Crippen LogP contribution in [-0.4, -0.2) is 23.0 Å². The highest BCUT2D eigenvalue weighted by Gasteiger charge is 2.17. The maximum Gasteiger partial charge on any atom is 0.337 e. The molecule has 0 atom stereocenters. The zero-order valence-corrected chi connectivity index (χ0v) is 16.7. The number of carbonyl (C=O) groups excluding carboxylic acids is 1. The Balaban J connectivity index is 1.99. The Morgan fingerprint density at radius 2 is 2.07 bits per heavy atom. The van der Waals surface area contributed by atoms with Crippen molar-refractivity contribution in [3.63, 3.8) is 0 Å². The third-order valence-corrected chi connectivity index (χ3v) is 4.59. The standard InChI is InChI=1S/C23H24N2O3/c1-6-18(14-25-12-11-19(13-15(25)2)23(26)27-5)20-9-7-8-10-21(20)22-16(3)24-17(4)28-22/h7-14H,2,6H2,1,3-5H3/b18-14+. The Bertz CT molecular complexity index is 1010. The number of benzene rings is 1. The number of aryl methyl sites for hydroxylation is 2. The SMILES string of the molecule is C=C1C=C(C(=O)OC)C=CN1/C=C(\CC)c1ccccc1-c1oc(C)nc1C. The zero-order valence-electron chi connectivity index (χ0n) is 16.7. The number of methoxy groups -OCH3 is 1. The molecule has 1 aliphatic rings. The first-order valence-electron chi connectivity index (χ1n) is 9.14. The summed E-state index contributed by atoms with van der Waals surface area (Å²) < 4.78 is 10.6. The van der Waals surface area contributed by atoms with Crippen LogP contribution in [0.25, 0.3) is 16.9 Å². The second kappa shape index (κ2) is 8.13. The molecule has 0 radical (unpaired) electrons. The molecule has 0 bridgehead atoms. The van der Waals surface area contributed by atoms with Crippen LogP contribution in [0.4, 0.5) is 0 Å². The summed E-state index contributed by atoms with van der Waals surface area (Å²) in [4.78, 5) is 18.0. The highest BCUT2D eigenvalue weighted by Crippen LogP contribution is 2.34. The normalized spacial score (nSPS) is 14.3. The van der Waals surface area contributed by atoms with E-state index in [1.54, 1.807) is 12.2 Å². The van der Waals surface area contributed by atoms with Gasteiger partial charge in [-0.3, -0.25) is 0 Å². The minimum absolute atomic E-state index is 0.377. The van der Waals surface area contributed by atoms with E-state index in [2.05, 4.69) is 24.6 Å². The molecular formula is C23H24N2O3. The van der Waals surface area contributed by atoms with Crippen molar-refractivity contribution in [2.75, 3.05) is 7.11 Å². The third kappa shape index (κ3) is 3.83. The number of carbonyl (C=O) groups is 1. The fraction of sp³-hybridized carbons (Fsp3) is 0.217. The number of rotatable bonds is 5. The molecule has 0 aliphatic carbocycles. The van der Waals surface area contributed by atoms with Crippen LogP contribution in [-0.2, 0) is 9.53 Å². The van der Waals surface area contributed by atoms with Gasteiger partial charge in [0.2, 0.25) is 0 Å². The molecule has 0 spiro atoms. The van der Waals surface area contributed by atoms with E-state index in [1.165, 1.54) is 7.11 Å². The largest absolute Gasteiger partial charge is 0.465 e. The van der Waals surface area contributed by atoms with Crippen molar-refractivity contribution in [2.24, 2.45) is 0 Å². The number of oxazole rings is 1. The van der Waals surface area contributed by atoms with Gasteiger partial charge in [-0.05, 0) is 36.6 Å². The first-order valence-corrected chi connectivity index (χ1v) is 9.14. The fourth-order valence-corrected chi connectivity index (χ4v) is 3.19. The zero-order chi connectivity index (χ0) is 20.3. The molecular weight excluding hydrogens is 352 g/mol. The molecule has 0 amide bonds. The highest BCUT2D eigenvalue weighted by molar-refractivity contribution is 5.92. The van der Waals surface area contributed by atoms with E-state index >= 15 is 0 Å². The Morgan fingerprint density at radius 3 is 2.68 bits per heavy atom. The second-order valence-electron chi connectivity index (χ2n) is 6.51. The smallest absolute Gasteiger partial charge is 0.337 e. The van der Waals surface area contributed by atoms with Crippen molar-refractivity contribution >= 4 is 11.5 Å². The van der Waals surface area contributed by atoms with Gasteiger partial charge in [0.25, 0.3) is 0 Å². The summed E-state index contributed by atoms with van der Waals surface area (Å²) in [5.41, 5.74) is 5.23. The summed E-state index contributed by atoms with van der Waals surface area (Å²) in [5.74, 6) is 1.06. The number of nitrogens with zero attached hydrogens (tertiary/aromatic N) is 2. The number of ether oxygens (including phenoxy) is 1. The van der Waals surface area contributed by atoms with Gasteiger partial charge in [0.05, 0.1) is 18.4 Å². The molecule has 1 aromatic carbocycles. The van der Waals surface area contributed by atoms with E-state index in [0.717, 1.165) is 34.6 Å². The molecule has 0 saturated heterocycles. The molecule has 3 rings (SSSR count). The summed E-state index contributed by atoms with van der Waals surface area (Å²) in [5, 5.41) is 0. The quantitative estimate of drug-likeness (QED) is 0.675. The van der Waals surface area contributed by atoms with Crippen LogP contribution < -0.4 is 0 Å². The number of hydrogen-bond acceptors (Lipinski definition) is 5. The molecule has 0 N–H and O–H groups in total. The van der Waals surface area contributed by atoms with E-state index in [9.17, 15) is 4.79 Å². The lowest BCUT2D eigenvalue weighted by molar-refractivity contribution is -0.135. The Hall–Kier alpha value is -3.34. The fourth-order valence-electron chi connectivity index (χ4n) is 3.19. The van der Waals surface area contributed by atoms with Crippen LogP contribution in [0.5, 0.6) is 0 Å². The summed E-state index contributed by atoms with van der Waals surface area (Å²) in [7, 11) is 1.37. The maximum absolute atomic E-state index is 11.7. The van der Waals surface area contributed by atoms with Gasteiger partial charge >= 0.3 is 5.97 Å². The molecule has 144 valence electrons. The summed E-state index contributed by atoms with van der Waals surface area (Å²) in [6.07, 6.45) is 8.09. The van der Waals surface area contributed by atoms with Gasteiger partial charge in [-0.15, -0.1) is 0 Å². The van der Waals surface area contributed by atoms with Crippen LogP contribution in [0, 0.1) is 13.8 Å². The molecule has 2 aromatic rings. The Kier molecular flexibility index (Phi) is 5.64. The Morgan fingerprint density at radius 1 is 1.32 bits per heavy atom. The van der Waals surface area contributed by atoms with Gasteiger partial charge in [0.1, 0.15) is 0 Å². The van der Waals surface area contributed by atoms with Crippen LogP contribution in [0.3, 0.4) is 0 Å². The minimum Gasteiger partial charge on any atom is -0.465 e. The van der Waals surface area contributed by atoms with Gasteiger partial charge in [0, 0.05) is 30.6 Å². The Labute approximate surface area is 165 Å². The van der Waals surface area contributed by atoms with Crippen molar-refractivity contribution in [1.82, 2.24) is 9.88 Å². The number of esters is 1. The molecule has 0 unspecified atom stereocenters. The van der Waals surface area contributed by atoms with Crippen molar-refractivity contribution in [1.29, 1.82) is 0 Å². The van der Waals surface area contributed by atoms with Crippen LogP contribution in [0.15, 0.2) is 71.1 Å². The molecule has 1 aliphatic heterocycles. The average molecular weight is 376 g/mol. The lowest BCUT2D eigenvalue weighted by Crippen LogP contribution is -2.15. The van der Waals surface area contributed by atoms with E-state index < -0.39 is 0 Å². The lowest BCUT2D eigenvalue weighted by atomic mass is 9.96. The highest BCUT2D eigenvalue weighted by atomic mass is 16.5. The van der Waals surface area contributed by atoms with Crippen LogP contribution in [0.1, 0.15) is 30.5 Å². The average Bonchev–Trinajstić information content (AvgIpc) is 3.04. The van der Waals surface area contributed by atoms with E-state index in [0.29, 0.717) is 17.2 Å². The number of aromatic nitrogens is 1. The van der Waals surface area contributed by atoms with Gasteiger partial charge in [-0.1, -0.05) is 37.8 Å². The molecule has 0 fully saturated rings. The number of hydrogen-bond donors (Lipinski definition) is 0. The molecule has 5 nitrogen and oxygen atoms in total. The first-order chi connectivity index (χ1) is 13.4.